The summed E-state index contributed by atoms with van der Waals surface area (Å²) in [6, 6.07) is 23.5. The van der Waals surface area contributed by atoms with E-state index >= 15 is 0 Å². The largest absolute Gasteiger partial charge is 0.497 e. The molecule has 1 atom stereocenters. The van der Waals surface area contributed by atoms with Gasteiger partial charge < -0.3 is 14.4 Å². The summed E-state index contributed by atoms with van der Waals surface area (Å²) in [5, 5.41) is 4.22. The van der Waals surface area contributed by atoms with Gasteiger partial charge >= 0.3 is 0 Å². The molecule has 0 aliphatic carbocycles. The maximum Gasteiger partial charge on any atom is 0.271 e. The van der Waals surface area contributed by atoms with Crippen molar-refractivity contribution in [3.8, 4) is 11.5 Å². The summed E-state index contributed by atoms with van der Waals surface area (Å²) in [6.45, 7) is 7.77. The SMILES string of the molecule is CCOc1ccccc1CC1(C)/C(=C/C=N/NC(=O)c2ccccc2)N(CC)c2ccc(OC)cc21. The Kier molecular flexibility index (Phi) is 7.74. The van der Waals surface area contributed by atoms with Crippen LogP contribution < -0.4 is 19.8 Å². The van der Waals surface area contributed by atoms with E-state index in [9.17, 15) is 4.79 Å². The Morgan fingerprint density at radius 2 is 1.81 bits per heavy atom. The predicted molar refractivity (Wildman–Crippen MR) is 145 cm³/mol. The van der Waals surface area contributed by atoms with Gasteiger partial charge in [0.15, 0.2) is 0 Å². The van der Waals surface area contributed by atoms with Crippen LogP contribution in [0.1, 0.15) is 42.3 Å². The van der Waals surface area contributed by atoms with Gasteiger partial charge in [-0.2, -0.15) is 5.10 Å². The maximum absolute atomic E-state index is 12.4. The molecule has 1 aliphatic rings. The smallest absolute Gasteiger partial charge is 0.271 e. The van der Waals surface area contributed by atoms with Crippen molar-refractivity contribution >= 4 is 17.8 Å². The molecule has 1 unspecified atom stereocenters. The van der Waals surface area contributed by atoms with E-state index in [1.165, 1.54) is 5.56 Å². The number of hydrazone groups is 1. The number of hydrogen-bond acceptors (Lipinski definition) is 5. The second-order valence-electron chi connectivity index (χ2n) is 8.81. The van der Waals surface area contributed by atoms with E-state index < -0.39 is 0 Å². The summed E-state index contributed by atoms with van der Waals surface area (Å²) in [6.07, 6.45) is 4.38. The quantitative estimate of drug-likeness (QED) is 0.312. The molecule has 1 amide bonds. The number of carbonyl (C=O) groups excluding carboxylic acids is 1. The van der Waals surface area contributed by atoms with Crippen LogP contribution in [-0.2, 0) is 11.8 Å². The minimum atomic E-state index is -0.372. The van der Waals surface area contributed by atoms with Gasteiger partial charge in [0.1, 0.15) is 11.5 Å². The van der Waals surface area contributed by atoms with E-state index in [4.69, 9.17) is 9.47 Å². The van der Waals surface area contributed by atoms with E-state index in [1.807, 2.05) is 55.5 Å². The highest BCUT2D eigenvalue weighted by molar-refractivity contribution is 5.94. The van der Waals surface area contributed by atoms with Crippen molar-refractivity contribution in [2.45, 2.75) is 32.6 Å². The average molecular weight is 484 g/mol. The lowest BCUT2D eigenvalue weighted by Gasteiger charge is -2.30. The number of hydrogen-bond donors (Lipinski definition) is 1. The highest BCUT2D eigenvalue weighted by Gasteiger charge is 2.43. The number of ether oxygens (including phenoxy) is 2. The van der Waals surface area contributed by atoms with Crippen LogP contribution >= 0.6 is 0 Å². The van der Waals surface area contributed by atoms with Crippen LogP contribution in [0.3, 0.4) is 0 Å². The molecule has 3 aromatic carbocycles. The summed E-state index contributed by atoms with van der Waals surface area (Å²) in [4.78, 5) is 14.7. The van der Waals surface area contributed by atoms with E-state index in [0.29, 0.717) is 12.2 Å². The molecule has 3 aromatic rings. The molecule has 0 radical (unpaired) electrons. The standard InChI is InChI=1S/C30H33N3O3/c1-5-33-26-17-16-24(35-4)20-25(26)30(3,21-23-14-10-11-15-27(23)36-6-2)28(33)18-19-31-32-29(34)22-12-8-7-9-13-22/h7-20H,5-6,21H2,1-4H3,(H,32,34)/b28-18-,31-19+. The fourth-order valence-electron chi connectivity index (χ4n) is 4.87. The number of carbonyl (C=O) groups is 1. The monoisotopic (exact) mass is 483 g/mol. The van der Waals surface area contributed by atoms with Crippen molar-refractivity contribution in [3.05, 3.63) is 101 Å². The molecule has 0 spiro atoms. The van der Waals surface area contributed by atoms with Crippen molar-refractivity contribution in [2.24, 2.45) is 5.10 Å². The van der Waals surface area contributed by atoms with Crippen LogP contribution in [0.15, 0.2) is 89.7 Å². The van der Waals surface area contributed by atoms with Crippen LogP contribution in [0, 0.1) is 0 Å². The number of likely N-dealkylation sites (N-methyl/N-ethyl adjacent to an activating group) is 1. The maximum atomic E-state index is 12.4. The molecule has 0 bridgehead atoms. The molecule has 6 heteroatoms. The zero-order valence-electron chi connectivity index (χ0n) is 21.3. The van der Waals surface area contributed by atoms with Gasteiger partial charge in [0.25, 0.3) is 5.91 Å². The minimum Gasteiger partial charge on any atom is -0.497 e. The Morgan fingerprint density at radius 1 is 1.06 bits per heavy atom. The molecule has 0 fully saturated rings. The van der Waals surface area contributed by atoms with Gasteiger partial charge in [0, 0.05) is 35.1 Å². The molecule has 0 saturated heterocycles. The van der Waals surface area contributed by atoms with Gasteiger partial charge in [-0.25, -0.2) is 5.43 Å². The van der Waals surface area contributed by atoms with Crippen molar-refractivity contribution < 1.29 is 14.3 Å². The number of nitrogens with zero attached hydrogens (tertiary/aromatic N) is 2. The summed E-state index contributed by atoms with van der Waals surface area (Å²) in [5.41, 5.74) is 7.37. The minimum absolute atomic E-state index is 0.245. The lowest BCUT2D eigenvalue weighted by Crippen LogP contribution is -2.31. The van der Waals surface area contributed by atoms with Crippen LogP contribution in [0.4, 0.5) is 5.69 Å². The topological polar surface area (TPSA) is 63.2 Å². The third kappa shape index (κ3) is 4.98. The Hall–Kier alpha value is -4.06. The summed E-state index contributed by atoms with van der Waals surface area (Å²) in [7, 11) is 1.69. The van der Waals surface area contributed by atoms with E-state index in [-0.39, 0.29) is 11.3 Å². The number of para-hydroxylation sites is 1. The first-order valence-electron chi connectivity index (χ1n) is 12.3. The zero-order chi connectivity index (χ0) is 25.5. The number of rotatable bonds is 9. The van der Waals surface area contributed by atoms with E-state index in [1.54, 1.807) is 25.5 Å². The second-order valence-corrected chi connectivity index (χ2v) is 8.81. The molecule has 4 rings (SSSR count). The molecule has 1 N–H and O–H groups in total. The first-order valence-corrected chi connectivity index (χ1v) is 12.3. The third-order valence-electron chi connectivity index (χ3n) is 6.59. The number of fused-ring (bicyclic) bond motifs is 1. The molecule has 0 aromatic heterocycles. The normalized spacial score (nSPS) is 17.9. The number of amides is 1. The Bertz CT molecular complexity index is 1270. The van der Waals surface area contributed by atoms with Crippen molar-refractivity contribution in [1.29, 1.82) is 0 Å². The average Bonchev–Trinajstić information content (AvgIpc) is 3.14. The Balaban J connectivity index is 1.72. The number of methoxy groups -OCH3 is 1. The van der Waals surface area contributed by atoms with E-state index in [0.717, 1.165) is 41.4 Å². The molecule has 186 valence electrons. The third-order valence-corrected chi connectivity index (χ3v) is 6.59. The first kappa shape index (κ1) is 25.0. The summed E-state index contributed by atoms with van der Waals surface area (Å²) in [5.74, 6) is 1.47. The molecule has 1 heterocycles. The molecule has 36 heavy (non-hydrogen) atoms. The lowest BCUT2D eigenvalue weighted by molar-refractivity contribution is 0.0955. The lowest BCUT2D eigenvalue weighted by atomic mass is 9.76. The van der Waals surface area contributed by atoms with Crippen LogP contribution in [0.25, 0.3) is 0 Å². The number of benzene rings is 3. The summed E-state index contributed by atoms with van der Waals surface area (Å²) < 4.78 is 11.5. The van der Waals surface area contributed by atoms with Crippen molar-refractivity contribution in [3.63, 3.8) is 0 Å². The molecular weight excluding hydrogens is 450 g/mol. The number of nitrogens with one attached hydrogen (secondary N) is 1. The Morgan fingerprint density at radius 3 is 2.53 bits per heavy atom. The first-order chi connectivity index (χ1) is 17.5. The number of anilines is 1. The Labute approximate surface area is 213 Å². The van der Waals surface area contributed by atoms with Crippen LogP contribution in [-0.4, -0.2) is 32.4 Å². The molecule has 6 nitrogen and oxygen atoms in total. The molecule has 0 saturated carbocycles. The van der Waals surface area contributed by atoms with Gasteiger partial charge in [-0.3, -0.25) is 4.79 Å². The van der Waals surface area contributed by atoms with Crippen LogP contribution in [0.5, 0.6) is 11.5 Å². The van der Waals surface area contributed by atoms with Gasteiger partial charge in [0.05, 0.1) is 13.7 Å². The van der Waals surface area contributed by atoms with Crippen molar-refractivity contribution in [2.75, 3.05) is 25.2 Å². The van der Waals surface area contributed by atoms with E-state index in [2.05, 4.69) is 47.5 Å². The highest BCUT2D eigenvalue weighted by Crippen LogP contribution is 2.51. The van der Waals surface area contributed by atoms with Gasteiger partial charge in [-0.05, 0) is 80.8 Å². The molecule has 1 aliphatic heterocycles. The van der Waals surface area contributed by atoms with Gasteiger partial charge in [-0.1, -0.05) is 36.4 Å². The zero-order valence-corrected chi connectivity index (χ0v) is 21.3. The van der Waals surface area contributed by atoms with Crippen LogP contribution in [0.2, 0.25) is 0 Å². The highest BCUT2D eigenvalue weighted by atomic mass is 16.5. The fourth-order valence-corrected chi connectivity index (χ4v) is 4.87. The second kappa shape index (κ2) is 11.1. The van der Waals surface area contributed by atoms with Gasteiger partial charge in [0.2, 0.25) is 0 Å². The predicted octanol–water partition coefficient (Wildman–Crippen LogP) is 5.73. The number of allylic oxidation sites excluding steroid dienone is 2. The van der Waals surface area contributed by atoms with Gasteiger partial charge in [-0.15, -0.1) is 0 Å². The molecular formula is C30H33N3O3. The summed E-state index contributed by atoms with van der Waals surface area (Å²) >= 11 is 0. The van der Waals surface area contributed by atoms with Crippen molar-refractivity contribution in [1.82, 2.24) is 5.43 Å². The fraction of sp³-hybridized carbons (Fsp3) is 0.267.